The number of carbonyl (C=O) groups is 1. The Balaban J connectivity index is 2.20. The molecule has 0 saturated heterocycles. The van der Waals surface area contributed by atoms with Gasteiger partial charge in [-0.3, -0.25) is 4.79 Å². The maximum absolute atomic E-state index is 12.7. The fraction of sp³-hybridized carbons (Fsp3) is 0.400. The second kappa shape index (κ2) is 7.11. The Bertz CT molecular complexity index is 688. The van der Waals surface area contributed by atoms with Gasteiger partial charge >= 0.3 is 0 Å². The summed E-state index contributed by atoms with van der Waals surface area (Å²) < 4.78 is 31.0. The molecule has 0 aliphatic carbocycles. The van der Waals surface area contributed by atoms with Crippen molar-refractivity contribution in [2.45, 2.75) is 29.7 Å². The van der Waals surface area contributed by atoms with Crippen LogP contribution >= 0.6 is 11.3 Å². The highest BCUT2D eigenvalue weighted by Gasteiger charge is 2.32. The summed E-state index contributed by atoms with van der Waals surface area (Å²) in [6.07, 6.45) is 1.80. The first kappa shape index (κ1) is 16.8. The molecule has 5 nitrogen and oxygen atoms in total. The average Bonchev–Trinajstić information content (AvgIpc) is 3.11. The van der Waals surface area contributed by atoms with Gasteiger partial charge in [-0.25, -0.2) is 8.42 Å². The summed E-state index contributed by atoms with van der Waals surface area (Å²) in [5.74, 6) is 0.391. The second-order valence-corrected chi connectivity index (χ2v) is 8.69. The molecule has 0 unspecified atom stereocenters. The number of hydrogen-bond acceptors (Lipinski definition) is 5. The fourth-order valence-electron chi connectivity index (χ4n) is 2.05. The van der Waals surface area contributed by atoms with Crippen LogP contribution in [0.3, 0.4) is 0 Å². The molecule has 22 heavy (non-hydrogen) atoms. The Kier molecular flexibility index (Phi) is 5.42. The third-order valence-electron chi connectivity index (χ3n) is 3.09. The van der Waals surface area contributed by atoms with Gasteiger partial charge in [-0.15, -0.1) is 11.3 Å². The third-order valence-corrected chi connectivity index (χ3v) is 6.58. The first-order valence-electron chi connectivity index (χ1n) is 6.98. The van der Waals surface area contributed by atoms with Crippen LogP contribution in [0, 0.1) is 5.92 Å². The number of nitrogens with one attached hydrogen (secondary N) is 1. The van der Waals surface area contributed by atoms with Gasteiger partial charge in [0.2, 0.25) is 5.91 Å². The van der Waals surface area contributed by atoms with Crippen molar-refractivity contribution in [2.75, 3.05) is 6.54 Å². The molecule has 1 amide bonds. The van der Waals surface area contributed by atoms with E-state index < -0.39 is 15.1 Å². The zero-order chi connectivity index (χ0) is 16.2. The van der Waals surface area contributed by atoms with Crippen LogP contribution in [0.4, 0.5) is 0 Å². The molecule has 2 aromatic heterocycles. The molecule has 2 rings (SSSR count). The fourth-order valence-corrected chi connectivity index (χ4v) is 4.84. The van der Waals surface area contributed by atoms with Crippen LogP contribution in [0.1, 0.15) is 31.3 Å². The van der Waals surface area contributed by atoms with Crippen molar-refractivity contribution in [1.82, 2.24) is 5.32 Å². The Hall–Kier alpha value is -1.60. The lowest BCUT2D eigenvalue weighted by Crippen LogP contribution is -2.32. The largest absolute Gasteiger partial charge is 0.468 e. The maximum Gasteiger partial charge on any atom is 0.220 e. The Morgan fingerprint density at radius 1 is 1.32 bits per heavy atom. The predicted octanol–water partition coefficient (Wildman–Crippen LogP) is 3.02. The molecule has 2 heterocycles. The van der Waals surface area contributed by atoms with Gasteiger partial charge in [-0.05, 0) is 29.5 Å². The van der Waals surface area contributed by atoms with Crippen LogP contribution in [0.15, 0.2) is 44.5 Å². The number of amides is 1. The van der Waals surface area contributed by atoms with Crippen molar-refractivity contribution in [1.29, 1.82) is 0 Å². The molecule has 0 aliphatic rings. The zero-order valence-electron chi connectivity index (χ0n) is 12.5. The van der Waals surface area contributed by atoms with Gasteiger partial charge < -0.3 is 9.73 Å². The van der Waals surface area contributed by atoms with Crippen LogP contribution in [-0.2, 0) is 14.6 Å². The minimum atomic E-state index is -3.59. The van der Waals surface area contributed by atoms with E-state index in [1.165, 1.54) is 6.26 Å². The Morgan fingerprint density at radius 2 is 2.09 bits per heavy atom. The highest BCUT2D eigenvalue weighted by Crippen LogP contribution is 2.31. The highest BCUT2D eigenvalue weighted by molar-refractivity contribution is 7.93. The molecular formula is C15H19NO4S2. The molecule has 0 aliphatic heterocycles. The number of hydrogen-bond donors (Lipinski definition) is 1. The number of carbonyl (C=O) groups excluding carboxylic acids is 1. The lowest BCUT2D eigenvalue weighted by atomic mass is 10.1. The van der Waals surface area contributed by atoms with E-state index in [1.54, 1.807) is 29.6 Å². The minimum absolute atomic E-state index is 0.000694. The standard InChI is InChI=1S/C15H19NO4S2/c1-11(2)9-14(17)16-10-13(12-5-3-7-20-12)22(18,19)15-6-4-8-21-15/h3-8,11,13H,9-10H2,1-2H3,(H,16,17)/t13-/m0/s1. The van der Waals surface area contributed by atoms with E-state index in [0.29, 0.717) is 12.2 Å². The molecule has 0 radical (unpaired) electrons. The molecule has 0 saturated carbocycles. The molecule has 1 N–H and O–H groups in total. The first-order valence-corrected chi connectivity index (χ1v) is 9.41. The van der Waals surface area contributed by atoms with Gasteiger partial charge in [0.05, 0.1) is 6.26 Å². The molecule has 120 valence electrons. The quantitative estimate of drug-likeness (QED) is 0.840. The van der Waals surface area contributed by atoms with E-state index in [0.717, 1.165) is 11.3 Å². The van der Waals surface area contributed by atoms with Gasteiger partial charge in [0, 0.05) is 13.0 Å². The van der Waals surface area contributed by atoms with Crippen molar-refractivity contribution in [3.05, 3.63) is 41.7 Å². The van der Waals surface area contributed by atoms with Crippen LogP contribution < -0.4 is 5.32 Å². The van der Waals surface area contributed by atoms with Crippen molar-refractivity contribution >= 4 is 27.1 Å². The van der Waals surface area contributed by atoms with Crippen molar-refractivity contribution in [3.63, 3.8) is 0 Å². The highest BCUT2D eigenvalue weighted by atomic mass is 32.2. The molecule has 0 bridgehead atoms. The Morgan fingerprint density at radius 3 is 2.64 bits per heavy atom. The minimum Gasteiger partial charge on any atom is -0.468 e. The van der Waals surface area contributed by atoms with Crippen molar-refractivity contribution < 1.29 is 17.6 Å². The topological polar surface area (TPSA) is 76.4 Å². The van der Waals surface area contributed by atoms with Crippen LogP contribution in [-0.4, -0.2) is 20.9 Å². The van der Waals surface area contributed by atoms with Gasteiger partial charge in [0.25, 0.3) is 0 Å². The van der Waals surface area contributed by atoms with E-state index in [1.807, 2.05) is 13.8 Å². The molecule has 1 atom stereocenters. The summed E-state index contributed by atoms with van der Waals surface area (Å²) in [6, 6.07) is 6.51. The first-order chi connectivity index (χ1) is 10.4. The van der Waals surface area contributed by atoms with Gasteiger partial charge in [-0.2, -0.15) is 0 Å². The Labute approximate surface area is 134 Å². The van der Waals surface area contributed by atoms with E-state index >= 15 is 0 Å². The molecule has 0 fully saturated rings. The lowest BCUT2D eigenvalue weighted by molar-refractivity contribution is -0.121. The summed E-state index contributed by atoms with van der Waals surface area (Å²) in [4.78, 5) is 11.8. The van der Waals surface area contributed by atoms with Gasteiger partial charge in [-0.1, -0.05) is 19.9 Å². The normalized spacial score (nSPS) is 13.2. The zero-order valence-corrected chi connectivity index (χ0v) is 14.1. The molecular weight excluding hydrogens is 322 g/mol. The number of furan rings is 1. The summed E-state index contributed by atoms with van der Waals surface area (Å²) in [7, 11) is -3.59. The van der Waals surface area contributed by atoms with Crippen LogP contribution in [0.5, 0.6) is 0 Å². The maximum atomic E-state index is 12.7. The van der Waals surface area contributed by atoms with Gasteiger partial charge in [0.1, 0.15) is 15.2 Å². The van der Waals surface area contributed by atoms with E-state index in [9.17, 15) is 13.2 Å². The monoisotopic (exact) mass is 341 g/mol. The summed E-state index contributed by atoms with van der Waals surface area (Å²) in [6.45, 7) is 3.87. The average molecular weight is 341 g/mol. The van der Waals surface area contributed by atoms with E-state index in [2.05, 4.69) is 5.32 Å². The molecule has 0 spiro atoms. The lowest BCUT2D eigenvalue weighted by Gasteiger charge is -2.16. The molecule has 0 aromatic carbocycles. The van der Waals surface area contributed by atoms with E-state index in [-0.39, 0.29) is 22.6 Å². The van der Waals surface area contributed by atoms with Crippen LogP contribution in [0.25, 0.3) is 0 Å². The molecule has 2 aromatic rings. The summed E-state index contributed by atoms with van der Waals surface area (Å²) >= 11 is 1.16. The van der Waals surface area contributed by atoms with Crippen molar-refractivity contribution in [2.24, 2.45) is 5.92 Å². The predicted molar refractivity (Wildman–Crippen MR) is 85.4 cm³/mol. The van der Waals surface area contributed by atoms with Crippen molar-refractivity contribution in [3.8, 4) is 0 Å². The number of sulfone groups is 1. The van der Waals surface area contributed by atoms with E-state index in [4.69, 9.17) is 4.42 Å². The van der Waals surface area contributed by atoms with Crippen LogP contribution in [0.2, 0.25) is 0 Å². The second-order valence-electron chi connectivity index (χ2n) is 5.38. The SMILES string of the molecule is CC(C)CC(=O)NC[C@@H](c1ccco1)S(=O)(=O)c1cccs1. The smallest absolute Gasteiger partial charge is 0.220 e. The molecule has 7 heteroatoms. The summed E-state index contributed by atoms with van der Waals surface area (Å²) in [5.41, 5.74) is 0. The van der Waals surface area contributed by atoms with Gasteiger partial charge in [0.15, 0.2) is 9.84 Å². The summed E-state index contributed by atoms with van der Waals surface area (Å²) in [5, 5.41) is 3.49. The number of thiophene rings is 1. The third kappa shape index (κ3) is 3.98. The number of rotatable bonds is 7.